The molecule has 0 heterocycles. The Balaban J connectivity index is 2.33. The second-order valence-corrected chi connectivity index (χ2v) is 6.20. The Morgan fingerprint density at radius 2 is 2.00 bits per heavy atom. The van der Waals surface area contributed by atoms with Crippen LogP contribution in [0.5, 0.6) is 0 Å². The average molecular weight is 274 g/mol. The van der Waals surface area contributed by atoms with Crippen LogP contribution < -0.4 is 10.6 Å². The quantitative estimate of drug-likeness (QED) is 0.651. The van der Waals surface area contributed by atoms with Crippen molar-refractivity contribution in [1.29, 1.82) is 0 Å². The first-order valence-electron chi connectivity index (χ1n) is 6.78. The van der Waals surface area contributed by atoms with Gasteiger partial charge in [0, 0.05) is 17.3 Å². The van der Waals surface area contributed by atoms with Crippen molar-refractivity contribution in [2.45, 2.75) is 62.9 Å². The van der Waals surface area contributed by atoms with Crippen LogP contribution >= 0.6 is 11.8 Å². The number of carbonyl (C=O) groups is 1. The lowest BCUT2D eigenvalue weighted by molar-refractivity contribution is -0.123. The molecule has 3 N–H and O–H groups in total. The Morgan fingerprint density at radius 3 is 2.50 bits per heavy atom. The first kappa shape index (κ1) is 15.8. The maximum Gasteiger partial charge on any atom is 0.237 e. The van der Waals surface area contributed by atoms with Crippen molar-refractivity contribution in [3.63, 3.8) is 0 Å². The SMILES string of the molecule is CSC(CO)C(C)NC(C)C(=O)NC1CCCC1. The van der Waals surface area contributed by atoms with E-state index in [1.807, 2.05) is 20.1 Å². The zero-order valence-corrected chi connectivity index (χ0v) is 12.4. The Kier molecular flexibility index (Phi) is 7.04. The molecule has 0 spiro atoms. The average Bonchev–Trinajstić information content (AvgIpc) is 2.83. The fraction of sp³-hybridized carbons (Fsp3) is 0.923. The Hall–Kier alpha value is -0.260. The van der Waals surface area contributed by atoms with Crippen LogP contribution in [-0.2, 0) is 4.79 Å². The van der Waals surface area contributed by atoms with Crippen molar-refractivity contribution in [1.82, 2.24) is 10.6 Å². The van der Waals surface area contributed by atoms with Gasteiger partial charge >= 0.3 is 0 Å². The molecule has 0 radical (unpaired) electrons. The predicted molar refractivity (Wildman–Crippen MR) is 76.8 cm³/mol. The van der Waals surface area contributed by atoms with Crippen molar-refractivity contribution in [2.24, 2.45) is 0 Å². The number of amides is 1. The van der Waals surface area contributed by atoms with Gasteiger partial charge in [0.2, 0.25) is 5.91 Å². The van der Waals surface area contributed by atoms with Crippen molar-refractivity contribution in [2.75, 3.05) is 12.9 Å². The van der Waals surface area contributed by atoms with Crippen LogP contribution in [-0.4, -0.2) is 47.3 Å². The van der Waals surface area contributed by atoms with Gasteiger partial charge in [-0.15, -0.1) is 0 Å². The van der Waals surface area contributed by atoms with E-state index >= 15 is 0 Å². The van der Waals surface area contributed by atoms with Crippen LogP contribution in [0.4, 0.5) is 0 Å². The number of aliphatic hydroxyl groups is 1. The second-order valence-electron chi connectivity index (χ2n) is 5.12. The van der Waals surface area contributed by atoms with Crippen LogP contribution in [0.15, 0.2) is 0 Å². The summed E-state index contributed by atoms with van der Waals surface area (Å²) in [7, 11) is 0. The minimum atomic E-state index is -0.207. The van der Waals surface area contributed by atoms with Crippen LogP contribution in [0.25, 0.3) is 0 Å². The van der Waals surface area contributed by atoms with Crippen molar-refractivity contribution in [3.8, 4) is 0 Å². The van der Waals surface area contributed by atoms with E-state index in [0.29, 0.717) is 6.04 Å². The van der Waals surface area contributed by atoms with Gasteiger partial charge in [-0.2, -0.15) is 11.8 Å². The van der Waals surface area contributed by atoms with Crippen LogP contribution in [0.3, 0.4) is 0 Å². The highest BCUT2D eigenvalue weighted by Crippen LogP contribution is 2.17. The Morgan fingerprint density at radius 1 is 1.39 bits per heavy atom. The van der Waals surface area contributed by atoms with Gasteiger partial charge in [0.15, 0.2) is 0 Å². The summed E-state index contributed by atoms with van der Waals surface area (Å²) in [5.74, 6) is 0.0755. The molecule has 106 valence electrons. The lowest BCUT2D eigenvalue weighted by Crippen LogP contribution is -2.51. The molecule has 4 nitrogen and oxygen atoms in total. The smallest absolute Gasteiger partial charge is 0.237 e. The number of hydrogen-bond acceptors (Lipinski definition) is 4. The summed E-state index contributed by atoms with van der Waals surface area (Å²) in [6.45, 7) is 4.03. The van der Waals surface area contributed by atoms with Crippen molar-refractivity contribution in [3.05, 3.63) is 0 Å². The molecule has 0 aromatic rings. The first-order valence-corrected chi connectivity index (χ1v) is 8.07. The molecule has 1 aliphatic carbocycles. The molecule has 3 atom stereocenters. The van der Waals surface area contributed by atoms with E-state index < -0.39 is 0 Å². The van der Waals surface area contributed by atoms with Crippen LogP contribution in [0.2, 0.25) is 0 Å². The van der Waals surface area contributed by atoms with Gasteiger partial charge in [-0.1, -0.05) is 12.8 Å². The molecule has 3 unspecified atom stereocenters. The molecule has 0 aromatic heterocycles. The lowest BCUT2D eigenvalue weighted by atomic mass is 10.2. The van der Waals surface area contributed by atoms with E-state index in [0.717, 1.165) is 12.8 Å². The summed E-state index contributed by atoms with van der Waals surface area (Å²) in [4.78, 5) is 12.0. The third-order valence-electron chi connectivity index (χ3n) is 3.65. The minimum Gasteiger partial charge on any atom is -0.395 e. The highest BCUT2D eigenvalue weighted by Gasteiger charge is 2.23. The Bertz CT molecular complexity index is 253. The maximum absolute atomic E-state index is 12.0. The number of nitrogens with one attached hydrogen (secondary N) is 2. The highest BCUT2D eigenvalue weighted by molar-refractivity contribution is 7.99. The number of hydrogen-bond donors (Lipinski definition) is 3. The van der Waals surface area contributed by atoms with E-state index in [-0.39, 0.29) is 29.8 Å². The largest absolute Gasteiger partial charge is 0.395 e. The molecule has 5 heteroatoms. The van der Waals surface area contributed by atoms with E-state index in [9.17, 15) is 9.90 Å². The molecule has 1 amide bonds. The van der Waals surface area contributed by atoms with E-state index in [2.05, 4.69) is 10.6 Å². The zero-order chi connectivity index (χ0) is 13.5. The Labute approximate surface area is 114 Å². The van der Waals surface area contributed by atoms with E-state index in [1.54, 1.807) is 11.8 Å². The maximum atomic E-state index is 12.0. The molecule has 0 aliphatic heterocycles. The lowest BCUT2D eigenvalue weighted by Gasteiger charge is -2.25. The summed E-state index contributed by atoms with van der Waals surface area (Å²) in [6.07, 6.45) is 6.64. The monoisotopic (exact) mass is 274 g/mol. The van der Waals surface area contributed by atoms with Crippen LogP contribution in [0, 0.1) is 0 Å². The molecule has 1 fully saturated rings. The van der Waals surface area contributed by atoms with Gasteiger partial charge < -0.3 is 15.7 Å². The number of carbonyl (C=O) groups excluding carboxylic acids is 1. The van der Waals surface area contributed by atoms with Gasteiger partial charge in [-0.05, 0) is 32.9 Å². The van der Waals surface area contributed by atoms with Gasteiger partial charge in [-0.25, -0.2) is 0 Å². The molecule has 0 bridgehead atoms. The fourth-order valence-electron chi connectivity index (χ4n) is 2.41. The van der Waals surface area contributed by atoms with Crippen molar-refractivity contribution < 1.29 is 9.90 Å². The molecular weight excluding hydrogens is 248 g/mol. The number of rotatable bonds is 7. The van der Waals surface area contributed by atoms with Crippen LogP contribution in [0.1, 0.15) is 39.5 Å². The molecule has 0 aromatic carbocycles. The molecule has 1 saturated carbocycles. The number of thioether (sulfide) groups is 1. The highest BCUT2D eigenvalue weighted by atomic mass is 32.2. The second kappa shape index (κ2) is 8.02. The minimum absolute atomic E-state index is 0.0755. The van der Waals surface area contributed by atoms with Gasteiger partial charge in [0.25, 0.3) is 0 Å². The molecule has 1 rings (SSSR count). The van der Waals surface area contributed by atoms with E-state index in [1.165, 1.54) is 12.8 Å². The standard InChI is InChI=1S/C13H26N2O2S/c1-9(12(8-16)18-3)14-10(2)13(17)15-11-6-4-5-7-11/h9-12,14,16H,4-8H2,1-3H3,(H,15,17). The van der Waals surface area contributed by atoms with E-state index in [4.69, 9.17) is 0 Å². The zero-order valence-electron chi connectivity index (χ0n) is 11.6. The third-order valence-corrected chi connectivity index (χ3v) is 4.81. The molecular formula is C13H26N2O2S. The predicted octanol–water partition coefficient (Wildman–Crippen LogP) is 1.14. The molecule has 0 saturated heterocycles. The summed E-state index contributed by atoms with van der Waals surface area (Å²) < 4.78 is 0. The molecule has 18 heavy (non-hydrogen) atoms. The normalized spacial score (nSPS) is 21.6. The van der Waals surface area contributed by atoms with Gasteiger partial charge in [0.05, 0.1) is 12.6 Å². The third kappa shape index (κ3) is 4.78. The summed E-state index contributed by atoms with van der Waals surface area (Å²) in [5, 5.41) is 15.7. The summed E-state index contributed by atoms with van der Waals surface area (Å²) >= 11 is 1.62. The van der Waals surface area contributed by atoms with Gasteiger partial charge in [-0.3, -0.25) is 4.79 Å². The fourth-order valence-corrected chi connectivity index (χ4v) is 3.05. The number of aliphatic hydroxyl groups excluding tert-OH is 1. The van der Waals surface area contributed by atoms with Crippen molar-refractivity contribution >= 4 is 17.7 Å². The summed E-state index contributed by atoms with van der Waals surface area (Å²) in [6, 6.07) is 0.280. The molecule has 1 aliphatic rings. The topological polar surface area (TPSA) is 61.4 Å². The first-order chi connectivity index (χ1) is 8.58. The van der Waals surface area contributed by atoms with Gasteiger partial charge in [0.1, 0.15) is 0 Å². The summed E-state index contributed by atoms with van der Waals surface area (Å²) in [5.41, 5.74) is 0.